The van der Waals surface area contributed by atoms with Crippen LogP contribution < -0.4 is 0 Å². The molecule has 0 atom stereocenters. The summed E-state index contributed by atoms with van der Waals surface area (Å²) >= 11 is 0.916. The van der Waals surface area contributed by atoms with Crippen molar-refractivity contribution in [3.63, 3.8) is 0 Å². The van der Waals surface area contributed by atoms with Gasteiger partial charge in [0.05, 0.1) is 23.2 Å². The monoisotopic (exact) mass is 304 g/mol. The van der Waals surface area contributed by atoms with Crippen molar-refractivity contribution < 1.29 is 23.1 Å². The highest BCUT2D eigenvalue weighted by molar-refractivity contribution is 7.99. The van der Waals surface area contributed by atoms with Crippen LogP contribution in [-0.4, -0.2) is 32.6 Å². The first-order valence-corrected chi connectivity index (χ1v) is 6.72. The average molecular weight is 304 g/mol. The van der Waals surface area contributed by atoms with Gasteiger partial charge in [-0.3, -0.25) is 4.79 Å². The summed E-state index contributed by atoms with van der Waals surface area (Å²) in [7, 11) is 0. The maximum atomic E-state index is 12.4. The van der Waals surface area contributed by atoms with Crippen LogP contribution in [-0.2, 0) is 11.3 Å². The fourth-order valence-electron chi connectivity index (χ4n) is 1.74. The summed E-state index contributed by atoms with van der Waals surface area (Å²) in [5.41, 5.74) is 1.13. The van der Waals surface area contributed by atoms with E-state index >= 15 is 0 Å². The third-order valence-electron chi connectivity index (χ3n) is 2.56. The van der Waals surface area contributed by atoms with E-state index in [0.717, 1.165) is 11.8 Å². The van der Waals surface area contributed by atoms with Gasteiger partial charge in [-0.15, -0.1) is 0 Å². The maximum absolute atomic E-state index is 12.4. The highest BCUT2D eigenvalue weighted by atomic mass is 32.2. The highest BCUT2D eigenvalue weighted by Crippen LogP contribution is 2.27. The molecule has 0 amide bonds. The lowest BCUT2D eigenvalue weighted by atomic mass is 10.3. The molecule has 0 saturated carbocycles. The maximum Gasteiger partial charge on any atom is 0.390 e. The Labute approximate surface area is 116 Å². The first-order valence-electron chi connectivity index (χ1n) is 5.73. The number of hydrogen-bond donors (Lipinski definition) is 1. The zero-order valence-corrected chi connectivity index (χ0v) is 11.0. The largest absolute Gasteiger partial charge is 0.481 e. The molecule has 0 unspecified atom stereocenters. The van der Waals surface area contributed by atoms with Crippen LogP contribution in [0.1, 0.15) is 6.42 Å². The Bertz CT molecular complexity index is 625. The Morgan fingerprint density at radius 1 is 1.35 bits per heavy atom. The zero-order chi connectivity index (χ0) is 14.8. The van der Waals surface area contributed by atoms with Gasteiger partial charge in [-0.2, -0.15) is 13.2 Å². The molecular weight excluding hydrogens is 293 g/mol. The summed E-state index contributed by atoms with van der Waals surface area (Å²) in [6.07, 6.45) is -5.24. The molecule has 0 aliphatic carbocycles. The quantitative estimate of drug-likeness (QED) is 0.862. The second kappa shape index (κ2) is 5.74. The molecular formula is C12H11F3N2O2S. The number of alkyl halides is 3. The second-order valence-corrected chi connectivity index (χ2v) is 5.02. The van der Waals surface area contributed by atoms with Crippen LogP contribution in [0.3, 0.4) is 0 Å². The number of imidazole rings is 1. The Hall–Kier alpha value is -1.70. The minimum absolute atomic E-state index is 0.241. The predicted molar refractivity (Wildman–Crippen MR) is 68.8 cm³/mol. The summed E-state index contributed by atoms with van der Waals surface area (Å²) in [5, 5.41) is 8.95. The van der Waals surface area contributed by atoms with E-state index in [4.69, 9.17) is 5.11 Å². The van der Waals surface area contributed by atoms with Gasteiger partial charge in [0.25, 0.3) is 0 Å². The molecule has 0 bridgehead atoms. The molecule has 0 saturated heterocycles. The first kappa shape index (κ1) is 14.7. The molecule has 8 heteroatoms. The molecule has 2 rings (SSSR count). The summed E-state index contributed by atoms with van der Waals surface area (Å²) < 4.78 is 38.5. The van der Waals surface area contributed by atoms with Gasteiger partial charge in [0.2, 0.25) is 0 Å². The molecule has 0 aliphatic heterocycles. The highest BCUT2D eigenvalue weighted by Gasteiger charge is 2.27. The summed E-state index contributed by atoms with van der Waals surface area (Å²) in [5.74, 6) is -1.28. The van der Waals surface area contributed by atoms with E-state index in [2.05, 4.69) is 4.98 Å². The topological polar surface area (TPSA) is 55.1 Å². The number of carboxylic acids is 1. The molecule has 0 spiro atoms. The number of benzene rings is 1. The summed E-state index contributed by atoms with van der Waals surface area (Å²) in [6.45, 7) is -0.272. The van der Waals surface area contributed by atoms with Crippen molar-refractivity contribution in [2.75, 3.05) is 5.75 Å². The number of fused-ring (bicyclic) bond motifs is 1. The van der Waals surface area contributed by atoms with E-state index < -0.39 is 18.6 Å². The number of para-hydroxylation sites is 2. The van der Waals surface area contributed by atoms with Crippen molar-refractivity contribution in [2.45, 2.75) is 24.3 Å². The van der Waals surface area contributed by atoms with Crippen LogP contribution in [0.15, 0.2) is 29.4 Å². The summed E-state index contributed by atoms with van der Waals surface area (Å²) in [6, 6.07) is 6.79. The van der Waals surface area contributed by atoms with Crippen LogP contribution in [0.5, 0.6) is 0 Å². The smallest absolute Gasteiger partial charge is 0.390 e. The number of halogens is 3. The molecule has 108 valence electrons. The van der Waals surface area contributed by atoms with Gasteiger partial charge in [-0.1, -0.05) is 23.9 Å². The number of rotatable bonds is 5. The molecule has 0 fully saturated rings. The van der Waals surface area contributed by atoms with Crippen molar-refractivity contribution in [3.8, 4) is 0 Å². The van der Waals surface area contributed by atoms with E-state index in [1.807, 2.05) is 0 Å². The number of hydrogen-bond acceptors (Lipinski definition) is 3. The Morgan fingerprint density at radius 3 is 2.70 bits per heavy atom. The molecule has 2 aromatic rings. The predicted octanol–water partition coefficient (Wildman–Crippen LogP) is 3.17. The fourth-order valence-corrected chi connectivity index (χ4v) is 2.51. The first-order chi connectivity index (χ1) is 9.37. The van der Waals surface area contributed by atoms with Gasteiger partial charge >= 0.3 is 12.1 Å². The number of aliphatic carboxylic acids is 1. The molecule has 1 aromatic heterocycles. The molecule has 1 heterocycles. The van der Waals surface area contributed by atoms with Crippen LogP contribution in [0.25, 0.3) is 11.0 Å². The standard InChI is InChI=1S/C12H11F3N2O2S/c13-12(14,15)5-6-17-9-4-2-1-3-8(9)16-11(17)20-7-10(18)19/h1-4H,5-7H2,(H,18,19). The minimum atomic E-state index is -4.26. The number of carbonyl (C=O) groups is 1. The van der Waals surface area contributed by atoms with Gasteiger partial charge in [0.1, 0.15) is 0 Å². The number of carboxylic acid groups (broad SMARTS) is 1. The normalized spacial score (nSPS) is 11.9. The average Bonchev–Trinajstić information content (AvgIpc) is 2.70. The molecule has 0 aliphatic rings. The lowest BCUT2D eigenvalue weighted by molar-refractivity contribution is -0.137. The van der Waals surface area contributed by atoms with E-state index in [1.165, 1.54) is 4.57 Å². The molecule has 20 heavy (non-hydrogen) atoms. The van der Waals surface area contributed by atoms with Crippen molar-refractivity contribution in [3.05, 3.63) is 24.3 Å². The molecule has 1 N–H and O–H groups in total. The van der Waals surface area contributed by atoms with Crippen molar-refractivity contribution in [2.24, 2.45) is 0 Å². The summed E-state index contributed by atoms with van der Waals surface area (Å²) in [4.78, 5) is 14.8. The number of nitrogens with zero attached hydrogens (tertiary/aromatic N) is 2. The van der Waals surface area contributed by atoms with Crippen LogP contribution in [0.4, 0.5) is 13.2 Å². The Balaban J connectivity index is 2.31. The molecule has 1 aromatic carbocycles. The third kappa shape index (κ3) is 3.66. The van der Waals surface area contributed by atoms with Crippen molar-refractivity contribution in [1.82, 2.24) is 9.55 Å². The minimum Gasteiger partial charge on any atom is -0.481 e. The van der Waals surface area contributed by atoms with Gasteiger partial charge in [0.15, 0.2) is 5.16 Å². The van der Waals surface area contributed by atoms with Gasteiger partial charge in [0, 0.05) is 6.54 Å². The molecule has 4 nitrogen and oxygen atoms in total. The van der Waals surface area contributed by atoms with E-state index in [0.29, 0.717) is 11.0 Å². The number of thioether (sulfide) groups is 1. The number of aryl methyl sites for hydroxylation is 1. The van der Waals surface area contributed by atoms with Gasteiger partial charge in [-0.05, 0) is 12.1 Å². The lowest BCUT2D eigenvalue weighted by Gasteiger charge is -2.10. The SMILES string of the molecule is O=C(O)CSc1nc2ccccc2n1CCC(F)(F)F. The van der Waals surface area contributed by atoms with Crippen LogP contribution in [0.2, 0.25) is 0 Å². The van der Waals surface area contributed by atoms with Crippen LogP contribution >= 0.6 is 11.8 Å². The van der Waals surface area contributed by atoms with E-state index in [1.54, 1.807) is 24.3 Å². The zero-order valence-electron chi connectivity index (χ0n) is 10.2. The van der Waals surface area contributed by atoms with E-state index in [9.17, 15) is 18.0 Å². The third-order valence-corrected chi connectivity index (χ3v) is 3.52. The van der Waals surface area contributed by atoms with Crippen molar-refractivity contribution >= 4 is 28.8 Å². The molecule has 0 radical (unpaired) electrons. The number of aromatic nitrogens is 2. The second-order valence-electron chi connectivity index (χ2n) is 4.08. The van der Waals surface area contributed by atoms with Crippen molar-refractivity contribution in [1.29, 1.82) is 0 Å². The Kier molecular flexibility index (Phi) is 4.22. The van der Waals surface area contributed by atoms with Crippen LogP contribution in [0, 0.1) is 0 Å². The fraction of sp³-hybridized carbons (Fsp3) is 0.333. The lowest BCUT2D eigenvalue weighted by Crippen LogP contribution is -2.13. The van der Waals surface area contributed by atoms with E-state index in [-0.39, 0.29) is 17.5 Å². The van der Waals surface area contributed by atoms with Gasteiger partial charge < -0.3 is 9.67 Å². The van der Waals surface area contributed by atoms with Gasteiger partial charge in [-0.25, -0.2) is 4.98 Å². The Morgan fingerprint density at radius 2 is 2.05 bits per heavy atom.